The van der Waals surface area contributed by atoms with E-state index in [1.165, 1.54) is 6.42 Å². The van der Waals surface area contributed by atoms with Gasteiger partial charge in [-0.15, -0.1) is 0 Å². The van der Waals surface area contributed by atoms with Crippen molar-refractivity contribution in [1.82, 2.24) is 10.6 Å². The lowest BCUT2D eigenvalue weighted by atomic mass is 9.96. The van der Waals surface area contributed by atoms with Gasteiger partial charge in [-0.05, 0) is 49.8 Å². The number of carbonyl (C=O) groups is 1. The van der Waals surface area contributed by atoms with Crippen molar-refractivity contribution in [2.24, 2.45) is 4.99 Å². The number of aliphatic imine (C=N–C) groups is 1. The van der Waals surface area contributed by atoms with E-state index < -0.39 is 0 Å². The standard InChI is InChI=1S/C20H28N4O3/c1-21-20(24-16-11-15-7-8-17(16)27-15)22-12-13-4-2-5-14(10-13)23-19(25)18-6-3-9-26-18/h2,4-5,10,15-18H,3,6-9,11-12H2,1H3,(H,23,25)(H2,21,22,24). The van der Waals surface area contributed by atoms with Gasteiger partial charge in [0.1, 0.15) is 6.10 Å². The van der Waals surface area contributed by atoms with Gasteiger partial charge in [-0.25, -0.2) is 0 Å². The van der Waals surface area contributed by atoms with E-state index in [9.17, 15) is 4.79 Å². The maximum atomic E-state index is 12.2. The minimum atomic E-state index is -0.321. The van der Waals surface area contributed by atoms with Gasteiger partial charge in [-0.2, -0.15) is 0 Å². The summed E-state index contributed by atoms with van der Waals surface area (Å²) in [7, 11) is 1.78. The number of carbonyl (C=O) groups excluding carboxylic acids is 1. The van der Waals surface area contributed by atoms with Crippen LogP contribution in [-0.4, -0.2) is 49.9 Å². The molecule has 27 heavy (non-hydrogen) atoms. The Labute approximate surface area is 159 Å². The van der Waals surface area contributed by atoms with Crippen molar-refractivity contribution < 1.29 is 14.3 Å². The van der Waals surface area contributed by atoms with Gasteiger partial charge in [0.25, 0.3) is 5.91 Å². The number of nitrogens with one attached hydrogen (secondary N) is 3. The molecule has 1 aromatic carbocycles. The van der Waals surface area contributed by atoms with Crippen molar-refractivity contribution in [1.29, 1.82) is 0 Å². The summed E-state index contributed by atoms with van der Waals surface area (Å²) in [4.78, 5) is 16.5. The maximum absolute atomic E-state index is 12.2. The number of ether oxygens (including phenoxy) is 2. The molecule has 0 radical (unpaired) electrons. The number of guanidine groups is 1. The Hall–Kier alpha value is -2.12. The molecule has 0 aliphatic carbocycles. The monoisotopic (exact) mass is 372 g/mol. The number of nitrogens with zero attached hydrogens (tertiary/aromatic N) is 1. The van der Waals surface area contributed by atoms with Gasteiger partial charge in [0.2, 0.25) is 0 Å². The fraction of sp³-hybridized carbons (Fsp3) is 0.600. The summed E-state index contributed by atoms with van der Waals surface area (Å²) in [5, 5.41) is 9.78. The number of benzene rings is 1. The zero-order valence-electron chi connectivity index (χ0n) is 15.7. The second kappa shape index (κ2) is 8.27. The zero-order chi connectivity index (χ0) is 18.6. The van der Waals surface area contributed by atoms with Crippen LogP contribution in [0.4, 0.5) is 5.69 Å². The predicted molar refractivity (Wildman–Crippen MR) is 104 cm³/mol. The zero-order valence-corrected chi connectivity index (χ0v) is 15.7. The maximum Gasteiger partial charge on any atom is 0.253 e. The first-order valence-corrected chi connectivity index (χ1v) is 9.85. The molecule has 3 heterocycles. The molecule has 3 aliphatic heterocycles. The Morgan fingerprint density at radius 2 is 2.22 bits per heavy atom. The van der Waals surface area contributed by atoms with Crippen LogP contribution in [0.5, 0.6) is 0 Å². The summed E-state index contributed by atoms with van der Waals surface area (Å²) in [5.74, 6) is 0.719. The van der Waals surface area contributed by atoms with E-state index in [-0.39, 0.29) is 12.0 Å². The number of hydrogen-bond acceptors (Lipinski definition) is 4. The first-order valence-electron chi connectivity index (χ1n) is 9.85. The van der Waals surface area contributed by atoms with E-state index >= 15 is 0 Å². The average molecular weight is 372 g/mol. The largest absolute Gasteiger partial charge is 0.373 e. The average Bonchev–Trinajstić information content (AvgIpc) is 3.43. The Morgan fingerprint density at radius 3 is 2.93 bits per heavy atom. The van der Waals surface area contributed by atoms with Gasteiger partial charge in [-0.1, -0.05) is 12.1 Å². The molecule has 1 amide bonds. The number of hydrogen-bond donors (Lipinski definition) is 3. The molecule has 7 nitrogen and oxygen atoms in total. The van der Waals surface area contributed by atoms with Crippen LogP contribution in [0.15, 0.2) is 29.3 Å². The lowest BCUT2D eigenvalue weighted by Crippen LogP contribution is -2.47. The summed E-state index contributed by atoms with van der Waals surface area (Å²) < 4.78 is 11.3. The number of rotatable bonds is 5. The smallest absolute Gasteiger partial charge is 0.253 e. The van der Waals surface area contributed by atoms with Crippen molar-refractivity contribution in [2.75, 3.05) is 19.0 Å². The second-order valence-electron chi connectivity index (χ2n) is 7.48. The highest BCUT2D eigenvalue weighted by Gasteiger charge is 2.41. The molecule has 2 bridgehead atoms. The highest BCUT2D eigenvalue weighted by atomic mass is 16.5. The van der Waals surface area contributed by atoms with Crippen LogP contribution in [0.25, 0.3) is 0 Å². The van der Waals surface area contributed by atoms with Crippen LogP contribution in [0, 0.1) is 0 Å². The third-order valence-electron chi connectivity index (χ3n) is 5.53. The van der Waals surface area contributed by atoms with Crippen LogP contribution in [0.1, 0.15) is 37.7 Å². The molecular weight excluding hydrogens is 344 g/mol. The molecule has 0 saturated carbocycles. The number of anilines is 1. The van der Waals surface area contributed by atoms with Crippen molar-refractivity contribution in [3.05, 3.63) is 29.8 Å². The molecule has 1 aromatic rings. The summed E-state index contributed by atoms with van der Waals surface area (Å²) in [6, 6.07) is 8.20. The predicted octanol–water partition coefficient (Wildman–Crippen LogP) is 1.79. The molecule has 0 spiro atoms. The third kappa shape index (κ3) is 4.42. The molecule has 7 heteroatoms. The molecule has 3 N–H and O–H groups in total. The molecule has 146 valence electrons. The van der Waals surface area contributed by atoms with Crippen molar-refractivity contribution >= 4 is 17.6 Å². The Kier molecular flexibility index (Phi) is 5.59. The van der Waals surface area contributed by atoms with Crippen LogP contribution in [0.3, 0.4) is 0 Å². The third-order valence-corrected chi connectivity index (χ3v) is 5.53. The lowest BCUT2D eigenvalue weighted by molar-refractivity contribution is -0.124. The molecule has 3 fully saturated rings. The fourth-order valence-electron chi connectivity index (χ4n) is 4.11. The van der Waals surface area contributed by atoms with E-state index in [1.54, 1.807) is 7.05 Å². The molecule has 0 aromatic heterocycles. The molecule has 3 aliphatic rings. The number of fused-ring (bicyclic) bond motifs is 2. The van der Waals surface area contributed by atoms with E-state index in [0.29, 0.717) is 31.4 Å². The van der Waals surface area contributed by atoms with Crippen molar-refractivity contribution in [3.63, 3.8) is 0 Å². The molecule has 4 unspecified atom stereocenters. The Balaban J connectivity index is 1.29. The van der Waals surface area contributed by atoms with Crippen molar-refractivity contribution in [2.45, 2.75) is 63.0 Å². The number of amides is 1. The summed E-state index contributed by atoms with van der Waals surface area (Å²) in [5.41, 5.74) is 1.87. The van der Waals surface area contributed by atoms with Crippen LogP contribution in [-0.2, 0) is 20.8 Å². The highest BCUT2D eigenvalue weighted by Crippen LogP contribution is 2.34. The van der Waals surface area contributed by atoms with Crippen LogP contribution >= 0.6 is 0 Å². The molecule has 4 atom stereocenters. The van der Waals surface area contributed by atoms with Gasteiger partial charge in [0.15, 0.2) is 5.96 Å². The Bertz CT molecular complexity index is 702. The fourth-order valence-corrected chi connectivity index (χ4v) is 4.11. The molecule has 4 rings (SSSR count). The van der Waals surface area contributed by atoms with Crippen LogP contribution in [0.2, 0.25) is 0 Å². The summed E-state index contributed by atoms with van der Waals surface area (Å²) >= 11 is 0. The van der Waals surface area contributed by atoms with Gasteiger partial charge in [0.05, 0.1) is 18.2 Å². The van der Waals surface area contributed by atoms with Gasteiger partial charge >= 0.3 is 0 Å². The van der Waals surface area contributed by atoms with Gasteiger partial charge in [-0.3, -0.25) is 9.79 Å². The van der Waals surface area contributed by atoms with E-state index in [4.69, 9.17) is 9.47 Å². The van der Waals surface area contributed by atoms with Gasteiger partial charge in [0, 0.05) is 25.9 Å². The first kappa shape index (κ1) is 18.3. The highest BCUT2D eigenvalue weighted by molar-refractivity contribution is 5.94. The molecular formula is C20H28N4O3. The topological polar surface area (TPSA) is 84.0 Å². The Morgan fingerprint density at radius 1 is 1.30 bits per heavy atom. The second-order valence-corrected chi connectivity index (χ2v) is 7.48. The summed E-state index contributed by atoms with van der Waals surface area (Å²) in [6.07, 6.45) is 5.50. The van der Waals surface area contributed by atoms with Gasteiger partial charge < -0.3 is 25.4 Å². The normalized spacial score (nSPS) is 29.7. The lowest BCUT2D eigenvalue weighted by Gasteiger charge is -2.22. The van der Waals surface area contributed by atoms with Crippen LogP contribution < -0.4 is 16.0 Å². The first-order chi connectivity index (χ1) is 13.2. The van der Waals surface area contributed by atoms with E-state index in [1.807, 2.05) is 24.3 Å². The van der Waals surface area contributed by atoms with E-state index in [2.05, 4.69) is 20.9 Å². The SMILES string of the molecule is CN=C(NCc1cccc(NC(=O)C2CCCO2)c1)NC1CC2CCC1O2. The minimum absolute atomic E-state index is 0.0635. The quantitative estimate of drug-likeness (QED) is 0.542. The van der Waals surface area contributed by atoms with Crippen molar-refractivity contribution in [3.8, 4) is 0 Å². The molecule has 3 saturated heterocycles. The van der Waals surface area contributed by atoms with E-state index in [0.717, 1.165) is 42.9 Å². The summed E-state index contributed by atoms with van der Waals surface area (Å²) in [6.45, 7) is 1.30. The minimum Gasteiger partial charge on any atom is -0.373 e.